The predicted molar refractivity (Wildman–Crippen MR) is 99.6 cm³/mol. The second-order valence-electron chi connectivity index (χ2n) is 5.70. The van der Waals surface area contributed by atoms with Gasteiger partial charge in [-0.05, 0) is 42.0 Å². The summed E-state index contributed by atoms with van der Waals surface area (Å²) in [7, 11) is -3.86. The molecule has 4 rings (SSSR count). The van der Waals surface area contributed by atoms with Gasteiger partial charge in [-0.25, -0.2) is 18.5 Å². The molecular formula is C19H14N4O2S. The summed E-state index contributed by atoms with van der Waals surface area (Å²) in [5.74, 6) is 0. The summed E-state index contributed by atoms with van der Waals surface area (Å²) in [6.45, 7) is 0. The number of nitrogens with zero attached hydrogens (tertiary/aromatic N) is 3. The third kappa shape index (κ3) is 2.94. The Hall–Kier alpha value is -3.16. The predicted octanol–water partition coefficient (Wildman–Crippen LogP) is 3.01. The Morgan fingerprint density at radius 2 is 1.58 bits per heavy atom. The molecule has 128 valence electrons. The van der Waals surface area contributed by atoms with E-state index in [1.807, 2.05) is 24.3 Å². The standard InChI is InChI=1S/C19H14N4O2S/c20-26(24,25)18-4-2-1-3-15(18)16-5-6-17-19(23-16)14(9-12-22-17)13-7-10-21-11-8-13/h1-12H,(H2,20,24,25). The van der Waals surface area contributed by atoms with Crippen molar-refractivity contribution in [1.82, 2.24) is 15.0 Å². The van der Waals surface area contributed by atoms with Crippen molar-refractivity contribution >= 4 is 21.1 Å². The van der Waals surface area contributed by atoms with E-state index in [2.05, 4.69) is 9.97 Å². The SMILES string of the molecule is NS(=O)(=O)c1ccccc1-c1ccc2nccc(-c3ccncc3)c2n1. The fourth-order valence-corrected chi connectivity index (χ4v) is 3.61. The van der Waals surface area contributed by atoms with Gasteiger partial charge in [-0.1, -0.05) is 18.2 Å². The second kappa shape index (κ2) is 6.29. The van der Waals surface area contributed by atoms with E-state index < -0.39 is 10.0 Å². The van der Waals surface area contributed by atoms with Crippen LogP contribution in [0, 0.1) is 0 Å². The number of nitrogens with two attached hydrogens (primary N) is 1. The average molecular weight is 362 g/mol. The lowest BCUT2D eigenvalue weighted by Crippen LogP contribution is -2.13. The lowest BCUT2D eigenvalue weighted by Gasteiger charge is -2.10. The summed E-state index contributed by atoms with van der Waals surface area (Å²) in [5.41, 5.74) is 4.23. The van der Waals surface area contributed by atoms with E-state index in [-0.39, 0.29) is 4.90 Å². The molecular weight excluding hydrogens is 348 g/mol. The minimum atomic E-state index is -3.86. The molecule has 0 spiro atoms. The van der Waals surface area contributed by atoms with E-state index in [0.717, 1.165) is 16.6 Å². The van der Waals surface area contributed by atoms with Crippen molar-refractivity contribution in [2.45, 2.75) is 4.90 Å². The molecule has 0 unspecified atom stereocenters. The normalized spacial score (nSPS) is 11.6. The number of benzene rings is 1. The number of rotatable bonds is 3. The first kappa shape index (κ1) is 16.3. The Balaban J connectivity index is 1.98. The van der Waals surface area contributed by atoms with Gasteiger partial charge in [0.2, 0.25) is 10.0 Å². The van der Waals surface area contributed by atoms with Crippen LogP contribution in [0.15, 0.2) is 78.1 Å². The highest BCUT2D eigenvalue weighted by Gasteiger charge is 2.16. The van der Waals surface area contributed by atoms with Crippen molar-refractivity contribution in [2.24, 2.45) is 5.14 Å². The highest BCUT2D eigenvalue weighted by molar-refractivity contribution is 7.89. The molecule has 0 fully saturated rings. The summed E-state index contributed by atoms with van der Waals surface area (Å²) in [6, 6.07) is 15.8. The Labute approximate surface area is 150 Å². The van der Waals surface area contributed by atoms with Crippen molar-refractivity contribution < 1.29 is 8.42 Å². The van der Waals surface area contributed by atoms with E-state index in [4.69, 9.17) is 10.1 Å². The lowest BCUT2D eigenvalue weighted by atomic mass is 10.0. The zero-order chi connectivity index (χ0) is 18.1. The van der Waals surface area contributed by atoms with Gasteiger partial charge >= 0.3 is 0 Å². The number of pyridine rings is 3. The second-order valence-corrected chi connectivity index (χ2v) is 7.23. The number of sulfonamides is 1. The van der Waals surface area contributed by atoms with Crippen LogP contribution in [0.5, 0.6) is 0 Å². The fraction of sp³-hybridized carbons (Fsp3) is 0. The summed E-state index contributed by atoms with van der Waals surface area (Å²) in [6.07, 6.45) is 5.14. The molecule has 7 heteroatoms. The van der Waals surface area contributed by atoms with Crippen LogP contribution in [-0.2, 0) is 10.0 Å². The molecule has 2 N–H and O–H groups in total. The highest BCUT2D eigenvalue weighted by atomic mass is 32.2. The first-order valence-electron chi connectivity index (χ1n) is 7.82. The Morgan fingerprint density at radius 3 is 2.35 bits per heavy atom. The number of fused-ring (bicyclic) bond motifs is 1. The summed E-state index contributed by atoms with van der Waals surface area (Å²) >= 11 is 0. The molecule has 0 amide bonds. The largest absolute Gasteiger partial charge is 0.265 e. The van der Waals surface area contributed by atoms with Crippen molar-refractivity contribution in [3.63, 3.8) is 0 Å². The van der Waals surface area contributed by atoms with Gasteiger partial charge in [-0.15, -0.1) is 0 Å². The van der Waals surface area contributed by atoms with Gasteiger partial charge in [-0.3, -0.25) is 9.97 Å². The van der Waals surface area contributed by atoms with Gasteiger partial charge in [0.15, 0.2) is 0 Å². The van der Waals surface area contributed by atoms with Crippen LogP contribution >= 0.6 is 0 Å². The number of hydrogen-bond donors (Lipinski definition) is 1. The fourth-order valence-electron chi connectivity index (χ4n) is 2.87. The summed E-state index contributed by atoms with van der Waals surface area (Å²) < 4.78 is 23.8. The first-order valence-corrected chi connectivity index (χ1v) is 9.37. The van der Waals surface area contributed by atoms with Crippen molar-refractivity contribution in [2.75, 3.05) is 0 Å². The van der Waals surface area contributed by atoms with Gasteiger partial charge in [0, 0.05) is 29.7 Å². The van der Waals surface area contributed by atoms with Gasteiger partial charge in [0.05, 0.1) is 21.6 Å². The molecule has 0 aliphatic carbocycles. The lowest BCUT2D eigenvalue weighted by molar-refractivity contribution is 0.598. The first-order chi connectivity index (χ1) is 12.5. The van der Waals surface area contributed by atoms with E-state index in [1.54, 1.807) is 42.9 Å². The molecule has 3 heterocycles. The van der Waals surface area contributed by atoms with Crippen LogP contribution in [0.1, 0.15) is 0 Å². The van der Waals surface area contributed by atoms with Gasteiger partial charge < -0.3 is 0 Å². The third-order valence-electron chi connectivity index (χ3n) is 4.04. The maximum absolute atomic E-state index is 11.9. The molecule has 0 atom stereocenters. The molecule has 0 saturated carbocycles. The maximum Gasteiger partial charge on any atom is 0.238 e. The quantitative estimate of drug-likeness (QED) is 0.604. The molecule has 3 aromatic heterocycles. The molecule has 26 heavy (non-hydrogen) atoms. The van der Waals surface area contributed by atoms with Crippen molar-refractivity contribution in [1.29, 1.82) is 0 Å². The highest BCUT2D eigenvalue weighted by Crippen LogP contribution is 2.30. The van der Waals surface area contributed by atoms with E-state index in [1.165, 1.54) is 6.07 Å². The molecule has 0 saturated heterocycles. The maximum atomic E-state index is 11.9. The van der Waals surface area contributed by atoms with E-state index in [9.17, 15) is 8.42 Å². The van der Waals surface area contributed by atoms with Crippen LogP contribution in [0.25, 0.3) is 33.4 Å². The van der Waals surface area contributed by atoms with Crippen LogP contribution in [0.4, 0.5) is 0 Å². The third-order valence-corrected chi connectivity index (χ3v) is 5.01. The van der Waals surface area contributed by atoms with Gasteiger partial charge in [0.1, 0.15) is 0 Å². The van der Waals surface area contributed by atoms with Gasteiger partial charge in [0.25, 0.3) is 0 Å². The topological polar surface area (TPSA) is 98.8 Å². The molecule has 1 aromatic carbocycles. The smallest absolute Gasteiger partial charge is 0.238 e. The minimum absolute atomic E-state index is 0.0428. The minimum Gasteiger partial charge on any atom is -0.265 e. The van der Waals surface area contributed by atoms with Crippen LogP contribution < -0.4 is 5.14 Å². The molecule has 6 nitrogen and oxygen atoms in total. The van der Waals surface area contributed by atoms with E-state index in [0.29, 0.717) is 16.8 Å². The number of primary sulfonamides is 1. The van der Waals surface area contributed by atoms with Crippen molar-refractivity contribution in [3.8, 4) is 22.4 Å². The average Bonchev–Trinajstić information content (AvgIpc) is 2.67. The summed E-state index contributed by atoms with van der Waals surface area (Å²) in [5, 5.41) is 5.35. The Kier molecular flexibility index (Phi) is 3.95. The summed E-state index contributed by atoms with van der Waals surface area (Å²) in [4.78, 5) is 13.1. The molecule has 4 aromatic rings. The zero-order valence-electron chi connectivity index (χ0n) is 13.6. The van der Waals surface area contributed by atoms with Crippen LogP contribution in [-0.4, -0.2) is 23.4 Å². The Morgan fingerprint density at radius 1 is 0.808 bits per heavy atom. The molecule has 0 radical (unpaired) electrons. The molecule has 0 aliphatic heterocycles. The van der Waals surface area contributed by atoms with E-state index >= 15 is 0 Å². The van der Waals surface area contributed by atoms with Crippen molar-refractivity contribution in [3.05, 3.63) is 73.2 Å². The molecule has 0 aliphatic rings. The van der Waals surface area contributed by atoms with Crippen LogP contribution in [0.2, 0.25) is 0 Å². The van der Waals surface area contributed by atoms with Crippen LogP contribution in [0.3, 0.4) is 0 Å². The molecule has 0 bridgehead atoms. The monoisotopic (exact) mass is 362 g/mol. The zero-order valence-corrected chi connectivity index (χ0v) is 14.4. The van der Waals surface area contributed by atoms with Gasteiger partial charge in [-0.2, -0.15) is 0 Å². The number of hydrogen-bond acceptors (Lipinski definition) is 5. The number of aromatic nitrogens is 3. The Bertz CT molecular complexity index is 1210.